The van der Waals surface area contributed by atoms with E-state index in [0.717, 1.165) is 12.1 Å². The molecule has 0 amide bonds. The molecule has 1 heterocycles. The molecule has 0 atom stereocenters. The van der Waals surface area contributed by atoms with Crippen molar-refractivity contribution in [2.75, 3.05) is 13.2 Å². The van der Waals surface area contributed by atoms with Crippen LogP contribution in [0.25, 0.3) is 0 Å². The lowest BCUT2D eigenvalue weighted by Crippen LogP contribution is -2.14. The Kier molecular flexibility index (Phi) is 3.26. The summed E-state index contributed by atoms with van der Waals surface area (Å²) in [5.74, 6) is -2.32. The van der Waals surface area contributed by atoms with E-state index in [0.29, 0.717) is 13.2 Å². The van der Waals surface area contributed by atoms with Gasteiger partial charge >= 0.3 is 0 Å². The van der Waals surface area contributed by atoms with E-state index in [1.807, 2.05) is 0 Å². The normalized spacial score (nSPS) is 16.6. The number of carbonyl (C=O) groups excluding carboxylic acids is 1. The Hall–Kier alpha value is -1.33. The zero-order valence-electron chi connectivity index (χ0n) is 8.41. The van der Waals surface area contributed by atoms with Gasteiger partial charge in [0.1, 0.15) is 0 Å². The molecule has 16 heavy (non-hydrogen) atoms. The van der Waals surface area contributed by atoms with Gasteiger partial charge < -0.3 is 9.47 Å². The van der Waals surface area contributed by atoms with Crippen LogP contribution in [0, 0.1) is 11.6 Å². The monoisotopic (exact) mass is 228 g/mol. The zero-order chi connectivity index (χ0) is 11.5. The molecule has 0 spiro atoms. The summed E-state index contributed by atoms with van der Waals surface area (Å²) in [4.78, 5) is 11.6. The fraction of sp³-hybridized carbons (Fsp3) is 0.364. The number of rotatable bonds is 3. The van der Waals surface area contributed by atoms with Crippen molar-refractivity contribution in [1.82, 2.24) is 0 Å². The fourth-order valence-electron chi connectivity index (χ4n) is 1.46. The Bertz CT molecular complexity index is 400. The van der Waals surface area contributed by atoms with E-state index >= 15 is 0 Å². The molecular weight excluding hydrogens is 218 g/mol. The number of ketones is 1. The molecule has 2 rings (SSSR count). The Labute approximate surface area is 91.0 Å². The lowest BCUT2D eigenvalue weighted by Gasteiger charge is -2.07. The molecule has 1 fully saturated rings. The highest BCUT2D eigenvalue weighted by molar-refractivity contribution is 5.96. The summed E-state index contributed by atoms with van der Waals surface area (Å²) in [6, 6.07) is 3.06. The molecule has 3 nitrogen and oxygen atoms in total. The van der Waals surface area contributed by atoms with Gasteiger partial charge in [-0.25, -0.2) is 8.78 Å². The molecule has 1 saturated heterocycles. The second-order valence-corrected chi connectivity index (χ2v) is 3.43. The van der Waals surface area contributed by atoms with Gasteiger partial charge in [-0.3, -0.25) is 4.79 Å². The van der Waals surface area contributed by atoms with E-state index in [1.165, 1.54) is 6.07 Å². The molecule has 0 unspecified atom stereocenters. The number of carbonyl (C=O) groups is 1. The Morgan fingerprint density at radius 2 is 1.94 bits per heavy atom. The molecule has 5 heteroatoms. The summed E-state index contributed by atoms with van der Waals surface area (Å²) in [6.07, 6.45) is -0.550. The van der Waals surface area contributed by atoms with Crippen LogP contribution in [-0.4, -0.2) is 25.3 Å². The van der Waals surface area contributed by atoms with Gasteiger partial charge in [0.2, 0.25) is 0 Å². The van der Waals surface area contributed by atoms with Crippen LogP contribution in [0.2, 0.25) is 0 Å². The first-order valence-corrected chi connectivity index (χ1v) is 4.88. The van der Waals surface area contributed by atoms with Gasteiger partial charge in [-0.1, -0.05) is 0 Å². The van der Waals surface area contributed by atoms with Crippen LogP contribution in [0.15, 0.2) is 18.2 Å². The lowest BCUT2D eigenvalue weighted by atomic mass is 10.1. The SMILES string of the molecule is O=C(CC1OCCO1)c1ccc(F)c(F)c1. The summed E-state index contributed by atoms with van der Waals surface area (Å²) in [5, 5.41) is 0. The fourth-order valence-corrected chi connectivity index (χ4v) is 1.46. The Balaban J connectivity index is 2.05. The maximum absolute atomic E-state index is 12.9. The molecule has 0 bridgehead atoms. The van der Waals surface area contributed by atoms with Crippen LogP contribution in [0.3, 0.4) is 0 Å². The summed E-state index contributed by atoms with van der Waals surface area (Å²) in [7, 11) is 0. The molecular formula is C11H10F2O3. The van der Waals surface area contributed by atoms with Crippen LogP contribution in [-0.2, 0) is 9.47 Å². The number of hydrogen-bond acceptors (Lipinski definition) is 3. The molecule has 1 aromatic rings. The first-order valence-electron chi connectivity index (χ1n) is 4.88. The maximum Gasteiger partial charge on any atom is 0.168 e. The summed E-state index contributed by atoms with van der Waals surface area (Å²) < 4.78 is 35.7. The van der Waals surface area contributed by atoms with Crippen LogP contribution in [0.1, 0.15) is 16.8 Å². The minimum atomic E-state index is -1.03. The van der Waals surface area contributed by atoms with E-state index in [4.69, 9.17) is 9.47 Å². The summed E-state index contributed by atoms with van der Waals surface area (Å²) >= 11 is 0. The highest BCUT2D eigenvalue weighted by atomic mass is 19.2. The Morgan fingerprint density at radius 3 is 2.56 bits per heavy atom. The minimum absolute atomic E-state index is 0.0189. The largest absolute Gasteiger partial charge is 0.350 e. The van der Waals surface area contributed by atoms with Crippen LogP contribution < -0.4 is 0 Å². The zero-order valence-corrected chi connectivity index (χ0v) is 8.41. The van der Waals surface area contributed by atoms with Crippen LogP contribution in [0.5, 0.6) is 0 Å². The standard InChI is InChI=1S/C11H10F2O3/c12-8-2-1-7(5-9(8)13)10(14)6-11-15-3-4-16-11/h1-2,5,11H,3-4,6H2. The van der Waals surface area contributed by atoms with E-state index < -0.39 is 17.9 Å². The van der Waals surface area contributed by atoms with Crippen LogP contribution >= 0.6 is 0 Å². The van der Waals surface area contributed by atoms with Crippen LogP contribution in [0.4, 0.5) is 8.78 Å². The number of hydrogen-bond donors (Lipinski definition) is 0. The molecule has 1 aliphatic heterocycles. The van der Waals surface area contributed by atoms with Gasteiger partial charge in [0.25, 0.3) is 0 Å². The highest BCUT2D eigenvalue weighted by Crippen LogP contribution is 2.15. The lowest BCUT2D eigenvalue weighted by molar-refractivity contribution is -0.0407. The number of benzene rings is 1. The van der Waals surface area contributed by atoms with Gasteiger partial charge in [-0.15, -0.1) is 0 Å². The third kappa shape index (κ3) is 2.43. The average molecular weight is 228 g/mol. The van der Waals surface area contributed by atoms with Crippen molar-refractivity contribution in [3.05, 3.63) is 35.4 Å². The van der Waals surface area contributed by atoms with Gasteiger partial charge in [-0.05, 0) is 18.2 Å². The van der Waals surface area contributed by atoms with Crippen molar-refractivity contribution >= 4 is 5.78 Å². The predicted molar refractivity (Wildman–Crippen MR) is 51.0 cm³/mol. The molecule has 0 N–H and O–H groups in total. The van der Waals surface area contributed by atoms with E-state index in [2.05, 4.69) is 0 Å². The third-order valence-corrected chi connectivity index (χ3v) is 2.28. The molecule has 0 saturated carbocycles. The second kappa shape index (κ2) is 4.67. The van der Waals surface area contributed by atoms with Crippen molar-refractivity contribution in [2.24, 2.45) is 0 Å². The molecule has 0 aliphatic carbocycles. The molecule has 0 aromatic heterocycles. The molecule has 1 aromatic carbocycles. The second-order valence-electron chi connectivity index (χ2n) is 3.43. The average Bonchev–Trinajstić information content (AvgIpc) is 2.74. The maximum atomic E-state index is 12.9. The van der Waals surface area contributed by atoms with Crippen molar-refractivity contribution in [3.8, 4) is 0 Å². The van der Waals surface area contributed by atoms with E-state index in [9.17, 15) is 13.6 Å². The summed E-state index contributed by atoms with van der Waals surface area (Å²) in [5.41, 5.74) is 0.123. The van der Waals surface area contributed by atoms with Crippen molar-refractivity contribution in [3.63, 3.8) is 0 Å². The number of Topliss-reactive ketones (excluding diaryl/α,β-unsaturated/α-hetero) is 1. The Morgan fingerprint density at radius 1 is 1.25 bits per heavy atom. The molecule has 1 aliphatic rings. The summed E-state index contributed by atoms with van der Waals surface area (Å²) in [6.45, 7) is 0.908. The van der Waals surface area contributed by atoms with Crippen molar-refractivity contribution < 1.29 is 23.0 Å². The smallest absolute Gasteiger partial charge is 0.168 e. The van der Waals surface area contributed by atoms with Crippen molar-refractivity contribution in [2.45, 2.75) is 12.7 Å². The van der Waals surface area contributed by atoms with Crippen molar-refractivity contribution in [1.29, 1.82) is 0 Å². The van der Waals surface area contributed by atoms with Gasteiger partial charge in [0.15, 0.2) is 23.7 Å². The van der Waals surface area contributed by atoms with Gasteiger partial charge in [0.05, 0.1) is 19.6 Å². The minimum Gasteiger partial charge on any atom is -0.350 e. The quantitative estimate of drug-likeness (QED) is 0.741. The van der Waals surface area contributed by atoms with E-state index in [-0.39, 0.29) is 17.8 Å². The molecule has 86 valence electrons. The predicted octanol–water partition coefficient (Wildman–Crippen LogP) is 1.91. The number of ether oxygens (including phenoxy) is 2. The van der Waals surface area contributed by atoms with Gasteiger partial charge in [0, 0.05) is 5.56 Å². The van der Waals surface area contributed by atoms with Gasteiger partial charge in [-0.2, -0.15) is 0 Å². The number of halogens is 2. The molecule has 0 radical (unpaired) electrons. The highest BCUT2D eigenvalue weighted by Gasteiger charge is 2.21. The third-order valence-electron chi connectivity index (χ3n) is 2.28. The first kappa shape index (κ1) is 11.2. The van der Waals surface area contributed by atoms with E-state index in [1.54, 1.807) is 0 Å². The first-order chi connectivity index (χ1) is 7.66. The topological polar surface area (TPSA) is 35.5 Å².